The summed E-state index contributed by atoms with van der Waals surface area (Å²) in [6.45, 7) is 0.162. The maximum absolute atomic E-state index is 10.3. The van der Waals surface area contributed by atoms with E-state index in [1.54, 1.807) is 0 Å². The van der Waals surface area contributed by atoms with Gasteiger partial charge in [0.25, 0.3) is 5.82 Å². The van der Waals surface area contributed by atoms with Crippen molar-refractivity contribution in [2.75, 3.05) is 0 Å². The number of nitrogens with two attached hydrogens (primary N) is 1. The third kappa shape index (κ3) is 1.68. The van der Waals surface area contributed by atoms with Crippen LogP contribution >= 0.6 is 0 Å². The Morgan fingerprint density at radius 1 is 1.73 bits per heavy atom. The highest BCUT2D eigenvalue weighted by Crippen LogP contribution is 1.90. The fourth-order valence-electron chi connectivity index (χ4n) is 0.526. The van der Waals surface area contributed by atoms with Gasteiger partial charge in [0, 0.05) is 6.54 Å². The molecule has 6 nitrogen and oxygen atoms in total. The first kappa shape index (κ1) is 7.55. The molecule has 1 aromatic rings. The Bertz CT molecular complexity index is 275. The van der Waals surface area contributed by atoms with Crippen LogP contribution in [0.2, 0.25) is 0 Å². The summed E-state index contributed by atoms with van der Waals surface area (Å²) in [6.07, 6.45) is 1.33. The minimum Gasteiger partial charge on any atom is -0.475 e. The third-order valence-electron chi connectivity index (χ3n) is 1.01. The second-order valence-electron chi connectivity index (χ2n) is 1.78. The van der Waals surface area contributed by atoms with Crippen molar-refractivity contribution in [1.29, 1.82) is 0 Å². The first-order valence-electron chi connectivity index (χ1n) is 2.86. The highest BCUT2D eigenvalue weighted by molar-refractivity contribution is 5.82. The molecule has 1 heterocycles. The predicted octanol–water partition coefficient (Wildman–Crippen LogP) is -0.972. The van der Waals surface area contributed by atoms with E-state index in [1.165, 1.54) is 6.20 Å². The molecule has 11 heavy (non-hydrogen) atoms. The van der Waals surface area contributed by atoms with Gasteiger partial charge in [0.1, 0.15) is 0 Å². The van der Waals surface area contributed by atoms with Crippen molar-refractivity contribution in [2.24, 2.45) is 5.73 Å². The number of carbonyl (C=O) groups is 1. The van der Waals surface area contributed by atoms with Crippen LogP contribution in [0, 0.1) is 0 Å². The number of hydrogen-bond acceptors (Lipinski definition) is 5. The standard InChI is InChI=1S/C5H6N4O2/c6-1-3-2-7-9-4(8-3)5(10)11/h2H,1,6H2,(H,10,11). The average Bonchev–Trinajstić information content (AvgIpc) is 2.05. The lowest BCUT2D eigenvalue weighted by Crippen LogP contribution is -2.10. The number of carboxylic acids is 1. The zero-order valence-corrected chi connectivity index (χ0v) is 5.56. The molecule has 0 atom stereocenters. The second-order valence-corrected chi connectivity index (χ2v) is 1.78. The Morgan fingerprint density at radius 3 is 3.00 bits per heavy atom. The van der Waals surface area contributed by atoms with E-state index in [4.69, 9.17) is 10.8 Å². The van der Waals surface area contributed by atoms with Gasteiger partial charge >= 0.3 is 5.97 Å². The molecule has 0 aliphatic carbocycles. The van der Waals surface area contributed by atoms with Gasteiger partial charge in [-0.25, -0.2) is 9.78 Å². The third-order valence-corrected chi connectivity index (χ3v) is 1.01. The summed E-state index contributed by atoms with van der Waals surface area (Å²) >= 11 is 0. The van der Waals surface area contributed by atoms with Crippen LogP contribution in [-0.4, -0.2) is 26.3 Å². The van der Waals surface area contributed by atoms with E-state index in [2.05, 4.69) is 15.2 Å². The van der Waals surface area contributed by atoms with Crippen molar-refractivity contribution in [2.45, 2.75) is 6.54 Å². The van der Waals surface area contributed by atoms with Crippen LogP contribution in [0.15, 0.2) is 6.20 Å². The number of aromatic nitrogens is 3. The Kier molecular flexibility index (Phi) is 2.07. The summed E-state index contributed by atoms with van der Waals surface area (Å²) in [6, 6.07) is 0. The second kappa shape index (κ2) is 3.02. The van der Waals surface area contributed by atoms with Crippen LogP contribution in [0.5, 0.6) is 0 Å². The summed E-state index contributed by atoms with van der Waals surface area (Å²) < 4.78 is 0. The molecule has 1 aromatic heterocycles. The Balaban J connectivity index is 3.01. The fourth-order valence-corrected chi connectivity index (χ4v) is 0.526. The highest BCUT2D eigenvalue weighted by Gasteiger charge is 2.06. The molecule has 0 aliphatic rings. The number of rotatable bonds is 2. The van der Waals surface area contributed by atoms with Gasteiger partial charge in [-0.2, -0.15) is 5.10 Å². The summed E-state index contributed by atoms with van der Waals surface area (Å²) in [4.78, 5) is 13.9. The number of nitrogens with zero attached hydrogens (tertiary/aromatic N) is 3. The number of carboxylic acid groups (broad SMARTS) is 1. The van der Waals surface area contributed by atoms with Crippen molar-refractivity contribution in [1.82, 2.24) is 15.2 Å². The van der Waals surface area contributed by atoms with Crippen LogP contribution in [0.25, 0.3) is 0 Å². The summed E-state index contributed by atoms with van der Waals surface area (Å²) in [5, 5.41) is 15.1. The molecule has 0 saturated heterocycles. The highest BCUT2D eigenvalue weighted by atomic mass is 16.4. The van der Waals surface area contributed by atoms with Gasteiger partial charge in [-0.15, -0.1) is 5.10 Å². The van der Waals surface area contributed by atoms with E-state index < -0.39 is 5.97 Å². The van der Waals surface area contributed by atoms with Crippen molar-refractivity contribution in [3.63, 3.8) is 0 Å². The molecule has 0 saturated carbocycles. The van der Waals surface area contributed by atoms with Gasteiger partial charge < -0.3 is 10.8 Å². The molecule has 3 N–H and O–H groups in total. The van der Waals surface area contributed by atoms with Gasteiger partial charge in [-0.3, -0.25) is 0 Å². The lowest BCUT2D eigenvalue weighted by molar-refractivity contribution is 0.0681. The molecule has 0 aromatic carbocycles. The lowest BCUT2D eigenvalue weighted by atomic mass is 10.4. The summed E-state index contributed by atoms with van der Waals surface area (Å²) in [5.74, 6) is -1.53. The molecule has 0 unspecified atom stereocenters. The van der Waals surface area contributed by atoms with Crippen molar-refractivity contribution >= 4 is 5.97 Å². The van der Waals surface area contributed by atoms with Crippen molar-refractivity contribution < 1.29 is 9.90 Å². The van der Waals surface area contributed by atoms with Gasteiger partial charge in [-0.05, 0) is 0 Å². The summed E-state index contributed by atoms with van der Waals surface area (Å²) in [5.41, 5.74) is 5.61. The van der Waals surface area contributed by atoms with Crippen LogP contribution in [0.4, 0.5) is 0 Å². The minimum atomic E-state index is -1.20. The normalized spacial score (nSPS) is 9.55. The van der Waals surface area contributed by atoms with Crippen molar-refractivity contribution in [3.05, 3.63) is 17.7 Å². The van der Waals surface area contributed by atoms with Crippen molar-refractivity contribution in [3.8, 4) is 0 Å². The monoisotopic (exact) mass is 154 g/mol. The number of aromatic carboxylic acids is 1. The molecule has 58 valence electrons. The fraction of sp³-hybridized carbons (Fsp3) is 0.200. The van der Waals surface area contributed by atoms with Crippen LogP contribution in [-0.2, 0) is 6.54 Å². The molecule has 6 heteroatoms. The molecule has 0 aliphatic heterocycles. The summed E-state index contributed by atoms with van der Waals surface area (Å²) in [7, 11) is 0. The minimum absolute atomic E-state index is 0.162. The van der Waals surface area contributed by atoms with E-state index in [1.807, 2.05) is 0 Å². The van der Waals surface area contributed by atoms with Gasteiger partial charge in [-0.1, -0.05) is 0 Å². The topological polar surface area (TPSA) is 102 Å². The maximum atomic E-state index is 10.3. The SMILES string of the molecule is NCc1cnnc(C(=O)O)n1. The van der Waals surface area contributed by atoms with Gasteiger partial charge in [0.2, 0.25) is 0 Å². The van der Waals surface area contributed by atoms with Gasteiger partial charge in [0.05, 0.1) is 11.9 Å². The quantitative estimate of drug-likeness (QED) is 0.568. The first-order chi connectivity index (χ1) is 5.24. The average molecular weight is 154 g/mol. The molecule has 0 spiro atoms. The van der Waals surface area contributed by atoms with E-state index in [0.29, 0.717) is 5.69 Å². The largest absolute Gasteiger partial charge is 0.475 e. The van der Waals surface area contributed by atoms with E-state index in [9.17, 15) is 4.79 Å². The molecule has 1 rings (SSSR count). The molecule has 0 fully saturated rings. The molecule has 0 amide bonds. The molecule has 0 bridgehead atoms. The van der Waals surface area contributed by atoms with Gasteiger partial charge in [0.15, 0.2) is 0 Å². The first-order valence-corrected chi connectivity index (χ1v) is 2.86. The van der Waals surface area contributed by atoms with E-state index in [-0.39, 0.29) is 12.4 Å². The zero-order valence-electron chi connectivity index (χ0n) is 5.56. The van der Waals surface area contributed by atoms with Crippen LogP contribution in [0.3, 0.4) is 0 Å². The Hall–Kier alpha value is -1.56. The molecular formula is C5H6N4O2. The Labute approximate surface area is 62.1 Å². The van der Waals surface area contributed by atoms with E-state index in [0.717, 1.165) is 0 Å². The van der Waals surface area contributed by atoms with Crippen LogP contribution < -0.4 is 5.73 Å². The predicted molar refractivity (Wildman–Crippen MR) is 34.7 cm³/mol. The van der Waals surface area contributed by atoms with Crippen LogP contribution in [0.1, 0.15) is 16.3 Å². The smallest absolute Gasteiger partial charge is 0.375 e. The number of hydrogen-bond donors (Lipinski definition) is 2. The van der Waals surface area contributed by atoms with E-state index >= 15 is 0 Å². The zero-order chi connectivity index (χ0) is 8.27. The lowest BCUT2D eigenvalue weighted by Gasteiger charge is -1.93. The molecule has 0 radical (unpaired) electrons. The Morgan fingerprint density at radius 2 is 2.45 bits per heavy atom. The molecular weight excluding hydrogens is 148 g/mol. The maximum Gasteiger partial charge on any atom is 0.375 e.